The first-order valence-corrected chi connectivity index (χ1v) is 17.1. The lowest BCUT2D eigenvalue weighted by Crippen LogP contribution is -1.92. The van der Waals surface area contributed by atoms with Crippen molar-refractivity contribution in [2.24, 2.45) is 0 Å². The molecule has 1 heteroatoms. The van der Waals surface area contributed by atoms with E-state index in [9.17, 15) is 5.26 Å². The number of benzene rings is 10. The Kier molecular flexibility index (Phi) is 6.31. The maximum atomic E-state index is 9.27. The summed E-state index contributed by atoms with van der Waals surface area (Å²) in [7, 11) is 0. The summed E-state index contributed by atoms with van der Waals surface area (Å²) in [5.74, 6) is 0. The van der Waals surface area contributed by atoms with Gasteiger partial charge in [0.25, 0.3) is 0 Å². The molecule has 0 spiro atoms. The first-order valence-electron chi connectivity index (χ1n) is 17.1. The molecule has 0 amide bonds. The maximum Gasteiger partial charge on any atom is 0.0991 e. The Morgan fingerprint density at radius 2 is 0.740 bits per heavy atom. The van der Waals surface area contributed by atoms with Gasteiger partial charge in [-0.3, -0.25) is 0 Å². The van der Waals surface area contributed by atoms with Gasteiger partial charge < -0.3 is 0 Å². The molecular formula is C49H29N. The summed E-state index contributed by atoms with van der Waals surface area (Å²) in [5, 5.41) is 21.9. The standard InChI is InChI=1S/C49H29N/c50-30-31-9-11-34(12-10-31)35-13-17-36(18-14-35)46-29-47(41-20-16-33-6-2-4-8-39(33)28-41)44-24-22-37-21-23-42(43-25-26-45(46)49(44)48(37)43)40-19-15-32-5-1-3-7-38(32)27-40/h1-29H. The van der Waals surface area contributed by atoms with E-state index in [-0.39, 0.29) is 0 Å². The molecule has 0 saturated carbocycles. The van der Waals surface area contributed by atoms with Crippen LogP contribution in [0.2, 0.25) is 0 Å². The van der Waals surface area contributed by atoms with Gasteiger partial charge in [-0.25, -0.2) is 0 Å². The lowest BCUT2D eigenvalue weighted by molar-refractivity contribution is 1.48. The molecule has 0 saturated heterocycles. The minimum atomic E-state index is 0.670. The average Bonchev–Trinajstić information content (AvgIpc) is 3.19. The van der Waals surface area contributed by atoms with E-state index in [4.69, 9.17) is 0 Å². The summed E-state index contributed by atoms with van der Waals surface area (Å²) in [5.41, 5.74) is 10.2. The summed E-state index contributed by atoms with van der Waals surface area (Å²) < 4.78 is 0. The van der Waals surface area contributed by atoms with Crippen molar-refractivity contribution in [2.45, 2.75) is 0 Å². The van der Waals surface area contributed by atoms with Crippen molar-refractivity contribution in [1.82, 2.24) is 0 Å². The third kappa shape index (κ3) is 4.47. The van der Waals surface area contributed by atoms with Gasteiger partial charge in [-0.2, -0.15) is 5.26 Å². The SMILES string of the molecule is N#Cc1ccc(-c2ccc(-c3cc(-c4ccc5ccccc5c4)c4ccc5ccc(-c6ccc7ccccc7c6)c6ccc3c4c56)cc2)cc1. The lowest BCUT2D eigenvalue weighted by atomic mass is 9.83. The molecule has 0 aliphatic rings. The van der Waals surface area contributed by atoms with Gasteiger partial charge >= 0.3 is 0 Å². The van der Waals surface area contributed by atoms with Crippen LogP contribution in [0.25, 0.3) is 98.4 Å². The van der Waals surface area contributed by atoms with Crippen molar-refractivity contribution >= 4 is 53.9 Å². The van der Waals surface area contributed by atoms with Crippen LogP contribution >= 0.6 is 0 Å². The zero-order valence-corrected chi connectivity index (χ0v) is 27.2. The third-order valence-corrected chi connectivity index (χ3v) is 10.4. The predicted molar refractivity (Wildman–Crippen MR) is 212 cm³/mol. The van der Waals surface area contributed by atoms with Crippen molar-refractivity contribution in [1.29, 1.82) is 5.26 Å². The second-order valence-corrected chi connectivity index (χ2v) is 13.2. The van der Waals surface area contributed by atoms with Crippen molar-refractivity contribution in [3.63, 3.8) is 0 Å². The molecule has 10 aromatic rings. The van der Waals surface area contributed by atoms with Crippen LogP contribution in [-0.4, -0.2) is 0 Å². The molecule has 0 heterocycles. The fourth-order valence-corrected chi connectivity index (χ4v) is 7.92. The molecule has 50 heavy (non-hydrogen) atoms. The highest BCUT2D eigenvalue weighted by Crippen LogP contribution is 2.46. The summed E-state index contributed by atoms with van der Waals surface area (Å²) in [6.45, 7) is 0. The number of rotatable bonds is 4. The van der Waals surface area contributed by atoms with Crippen LogP contribution in [0.1, 0.15) is 5.56 Å². The van der Waals surface area contributed by atoms with E-state index in [0.29, 0.717) is 5.56 Å². The second kappa shape index (κ2) is 11.2. The van der Waals surface area contributed by atoms with Crippen LogP contribution in [0.15, 0.2) is 176 Å². The van der Waals surface area contributed by atoms with E-state index in [1.807, 2.05) is 24.3 Å². The van der Waals surface area contributed by atoms with Crippen LogP contribution in [-0.2, 0) is 0 Å². The highest BCUT2D eigenvalue weighted by Gasteiger charge is 2.19. The molecule has 1 nitrogen and oxygen atoms in total. The van der Waals surface area contributed by atoms with E-state index < -0.39 is 0 Å². The van der Waals surface area contributed by atoms with Gasteiger partial charge in [-0.05, 0) is 129 Å². The van der Waals surface area contributed by atoms with E-state index >= 15 is 0 Å². The van der Waals surface area contributed by atoms with Gasteiger partial charge in [0.15, 0.2) is 0 Å². The van der Waals surface area contributed by atoms with Gasteiger partial charge in [0, 0.05) is 0 Å². The van der Waals surface area contributed by atoms with Crippen LogP contribution in [0.4, 0.5) is 0 Å². The Bertz CT molecular complexity index is 2960. The Hall–Kier alpha value is -6.75. The molecule has 10 aromatic carbocycles. The Balaban J connectivity index is 1.24. The second-order valence-electron chi connectivity index (χ2n) is 13.2. The van der Waals surface area contributed by atoms with Crippen LogP contribution in [0.3, 0.4) is 0 Å². The van der Waals surface area contributed by atoms with Crippen molar-refractivity contribution in [3.8, 4) is 50.6 Å². The third-order valence-electron chi connectivity index (χ3n) is 10.4. The zero-order valence-electron chi connectivity index (χ0n) is 27.2. The fourth-order valence-electron chi connectivity index (χ4n) is 7.92. The molecule has 0 unspecified atom stereocenters. The van der Waals surface area contributed by atoms with Crippen LogP contribution in [0.5, 0.6) is 0 Å². The van der Waals surface area contributed by atoms with E-state index in [1.165, 1.54) is 87.2 Å². The predicted octanol–water partition coefficient (Wildman–Crippen LogP) is 13.4. The van der Waals surface area contributed by atoms with Crippen LogP contribution < -0.4 is 0 Å². The van der Waals surface area contributed by atoms with E-state index in [0.717, 1.165) is 11.1 Å². The van der Waals surface area contributed by atoms with E-state index in [2.05, 4.69) is 158 Å². The molecule has 0 atom stereocenters. The summed E-state index contributed by atoms with van der Waals surface area (Å²) in [6.07, 6.45) is 0. The first kappa shape index (κ1) is 28.3. The summed E-state index contributed by atoms with van der Waals surface area (Å²) >= 11 is 0. The highest BCUT2D eigenvalue weighted by molar-refractivity contribution is 6.30. The first-order chi connectivity index (χ1) is 24.7. The van der Waals surface area contributed by atoms with Crippen molar-refractivity contribution in [3.05, 3.63) is 181 Å². The molecule has 0 aromatic heterocycles. The number of hydrogen-bond donors (Lipinski definition) is 0. The molecular weight excluding hydrogens is 603 g/mol. The Labute approximate surface area is 290 Å². The number of nitriles is 1. The quantitative estimate of drug-likeness (QED) is 0.177. The largest absolute Gasteiger partial charge is 0.192 e. The maximum absolute atomic E-state index is 9.27. The molecule has 0 bridgehead atoms. The van der Waals surface area contributed by atoms with Gasteiger partial charge in [-0.15, -0.1) is 0 Å². The molecule has 0 aliphatic heterocycles. The fraction of sp³-hybridized carbons (Fsp3) is 0. The molecule has 230 valence electrons. The molecule has 10 rings (SSSR count). The van der Waals surface area contributed by atoms with Crippen molar-refractivity contribution < 1.29 is 0 Å². The molecule has 0 aliphatic carbocycles. The minimum absolute atomic E-state index is 0.670. The lowest BCUT2D eigenvalue weighted by Gasteiger charge is -2.20. The monoisotopic (exact) mass is 631 g/mol. The number of nitrogens with zero attached hydrogens (tertiary/aromatic N) is 1. The Morgan fingerprint density at radius 1 is 0.300 bits per heavy atom. The Morgan fingerprint density at radius 3 is 1.36 bits per heavy atom. The number of fused-ring (bicyclic) bond motifs is 2. The summed E-state index contributed by atoms with van der Waals surface area (Å²) in [4.78, 5) is 0. The normalized spacial score (nSPS) is 11.6. The highest BCUT2D eigenvalue weighted by atomic mass is 14.2. The zero-order chi connectivity index (χ0) is 33.2. The average molecular weight is 632 g/mol. The minimum Gasteiger partial charge on any atom is -0.192 e. The van der Waals surface area contributed by atoms with Crippen molar-refractivity contribution in [2.75, 3.05) is 0 Å². The van der Waals surface area contributed by atoms with Gasteiger partial charge in [0.05, 0.1) is 11.6 Å². The van der Waals surface area contributed by atoms with Gasteiger partial charge in [0.1, 0.15) is 0 Å². The molecule has 0 N–H and O–H groups in total. The van der Waals surface area contributed by atoms with Gasteiger partial charge in [-0.1, -0.05) is 146 Å². The molecule has 0 radical (unpaired) electrons. The van der Waals surface area contributed by atoms with E-state index in [1.54, 1.807) is 0 Å². The summed E-state index contributed by atoms with van der Waals surface area (Å²) in [6, 6.07) is 66.0. The molecule has 0 fully saturated rings. The number of hydrogen-bond acceptors (Lipinski definition) is 1. The topological polar surface area (TPSA) is 23.8 Å². The van der Waals surface area contributed by atoms with Crippen LogP contribution in [0, 0.1) is 11.3 Å². The smallest absolute Gasteiger partial charge is 0.0991 e. The van der Waals surface area contributed by atoms with Gasteiger partial charge in [0.2, 0.25) is 0 Å².